The number of alkyl halides is 3. The Morgan fingerprint density at radius 3 is 2.55 bits per heavy atom. The third-order valence-electron chi connectivity index (χ3n) is 3.05. The van der Waals surface area contributed by atoms with Crippen molar-refractivity contribution in [2.24, 2.45) is 5.29 Å². The van der Waals surface area contributed by atoms with Crippen LogP contribution in [0.1, 0.15) is 0 Å². The van der Waals surface area contributed by atoms with Gasteiger partial charge in [0.2, 0.25) is 0 Å². The minimum Gasteiger partial charge on any atom is -0.405 e. The minimum absolute atomic E-state index is 0.0482. The molecule has 0 saturated carbocycles. The van der Waals surface area contributed by atoms with Gasteiger partial charge in [0.25, 0.3) is 0 Å². The van der Waals surface area contributed by atoms with Crippen LogP contribution in [0.4, 0.5) is 24.5 Å². The fourth-order valence-corrected chi connectivity index (χ4v) is 2.70. The van der Waals surface area contributed by atoms with E-state index in [4.69, 9.17) is 11.6 Å². The molecule has 0 bridgehead atoms. The topological polar surface area (TPSA) is 41.7 Å². The Kier molecular flexibility index (Phi) is 3.45. The Hall–Kier alpha value is -1.93. The van der Waals surface area contributed by atoms with Gasteiger partial charge in [-0.15, -0.1) is 30.7 Å². The molecule has 9 heteroatoms. The average molecular weight is 347 g/mol. The Balaban J connectivity index is 2.14. The van der Waals surface area contributed by atoms with Crippen LogP contribution in [0, 0.1) is 4.91 Å². The molecule has 2 aromatic carbocycles. The third-order valence-corrected chi connectivity index (χ3v) is 3.74. The summed E-state index contributed by atoms with van der Waals surface area (Å²) in [5, 5.41) is 3.93. The number of thiol groups is 1. The SMILES string of the molecule is O=NN1c2cc(S)c(-c3c(Cl)cccc3OC(F)(F)F)cc21. The van der Waals surface area contributed by atoms with Crippen LogP contribution in [0.15, 0.2) is 40.5 Å². The molecule has 0 unspecified atom stereocenters. The maximum Gasteiger partial charge on any atom is 0.573 e. The zero-order valence-electron chi connectivity index (χ0n) is 10.6. The number of nitroso groups, excluding NO2 is 1. The van der Waals surface area contributed by atoms with Gasteiger partial charge in [-0.25, -0.2) is 0 Å². The summed E-state index contributed by atoms with van der Waals surface area (Å²) >= 11 is 10.3. The van der Waals surface area contributed by atoms with E-state index in [1.54, 1.807) is 0 Å². The van der Waals surface area contributed by atoms with Crippen molar-refractivity contribution in [1.82, 2.24) is 0 Å². The van der Waals surface area contributed by atoms with Crippen molar-refractivity contribution < 1.29 is 17.9 Å². The van der Waals surface area contributed by atoms with Crippen molar-refractivity contribution in [2.75, 3.05) is 5.01 Å². The minimum atomic E-state index is -4.85. The first-order chi connectivity index (χ1) is 10.3. The first-order valence-electron chi connectivity index (χ1n) is 5.87. The van der Waals surface area contributed by atoms with Crippen LogP contribution >= 0.6 is 24.2 Å². The number of hydrogen-bond acceptors (Lipinski definition) is 4. The van der Waals surface area contributed by atoms with E-state index in [0.717, 1.165) is 11.1 Å². The van der Waals surface area contributed by atoms with Crippen LogP contribution in [0.3, 0.4) is 0 Å². The predicted molar refractivity (Wildman–Crippen MR) is 78.8 cm³/mol. The Morgan fingerprint density at radius 2 is 1.91 bits per heavy atom. The van der Waals surface area contributed by atoms with Crippen LogP contribution in [0.25, 0.3) is 11.1 Å². The lowest BCUT2D eigenvalue weighted by Gasteiger charge is -2.15. The summed E-state index contributed by atoms with van der Waals surface area (Å²) in [7, 11) is 0. The van der Waals surface area contributed by atoms with E-state index >= 15 is 0 Å². The number of halogens is 4. The number of nitrogens with zero attached hydrogens (tertiary/aromatic N) is 2. The number of benzene rings is 2. The second-order valence-corrected chi connectivity index (χ2v) is 5.30. The number of fused-ring (bicyclic) bond motifs is 1. The zero-order valence-corrected chi connectivity index (χ0v) is 12.2. The summed E-state index contributed by atoms with van der Waals surface area (Å²) in [6.45, 7) is 0. The molecular formula is C13H6ClF3N2O2S. The van der Waals surface area contributed by atoms with Crippen molar-refractivity contribution in [3.05, 3.63) is 40.3 Å². The molecule has 0 fully saturated rings. The fraction of sp³-hybridized carbons (Fsp3) is 0.0769. The van der Waals surface area contributed by atoms with Crippen molar-refractivity contribution in [1.29, 1.82) is 0 Å². The molecule has 0 radical (unpaired) electrons. The Labute approximate surface area is 132 Å². The lowest BCUT2D eigenvalue weighted by molar-refractivity contribution is -0.274. The van der Waals surface area contributed by atoms with Crippen LogP contribution in [-0.2, 0) is 0 Å². The number of hydrogen-bond donors (Lipinski definition) is 1. The maximum atomic E-state index is 12.5. The molecule has 114 valence electrons. The molecule has 2 aromatic rings. The van der Waals surface area contributed by atoms with Crippen molar-refractivity contribution in [3.63, 3.8) is 0 Å². The molecule has 0 N–H and O–H groups in total. The molecule has 4 nitrogen and oxygen atoms in total. The largest absolute Gasteiger partial charge is 0.573 e. The second-order valence-electron chi connectivity index (χ2n) is 4.41. The molecule has 3 rings (SSSR count). The molecule has 0 aromatic heterocycles. The Bertz CT molecular complexity index is 783. The first-order valence-corrected chi connectivity index (χ1v) is 6.69. The van der Waals surface area contributed by atoms with Crippen molar-refractivity contribution in [2.45, 2.75) is 11.3 Å². The van der Waals surface area contributed by atoms with Gasteiger partial charge in [-0.1, -0.05) is 17.7 Å². The van der Waals surface area contributed by atoms with Gasteiger partial charge in [0.15, 0.2) is 0 Å². The van der Waals surface area contributed by atoms with E-state index in [1.807, 2.05) is 0 Å². The highest BCUT2D eigenvalue weighted by Crippen LogP contribution is 2.53. The maximum absolute atomic E-state index is 12.5. The Morgan fingerprint density at radius 1 is 1.23 bits per heavy atom. The van der Waals surface area contributed by atoms with Gasteiger partial charge < -0.3 is 4.74 Å². The van der Waals surface area contributed by atoms with Gasteiger partial charge in [0, 0.05) is 16.0 Å². The summed E-state index contributed by atoms with van der Waals surface area (Å²) in [5.74, 6) is -0.443. The molecule has 0 spiro atoms. The molecular weight excluding hydrogens is 341 g/mol. The van der Waals surface area contributed by atoms with E-state index < -0.39 is 12.1 Å². The fourth-order valence-electron chi connectivity index (χ4n) is 2.13. The zero-order chi connectivity index (χ0) is 16.1. The molecule has 22 heavy (non-hydrogen) atoms. The molecule has 0 atom stereocenters. The second kappa shape index (κ2) is 5.06. The van der Waals surface area contributed by atoms with E-state index in [2.05, 4.69) is 22.7 Å². The highest BCUT2D eigenvalue weighted by atomic mass is 35.5. The average Bonchev–Trinajstić information content (AvgIpc) is 3.08. The highest BCUT2D eigenvalue weighted by molar-refractivity contribution is 7.80. The number of ether oxygens (including phenoxy) is 1. The van der Waals surface area contributed by atoms with Crippen LogP contribution < -0.4 is 9.75 Å². The highest BCUT2D eigenvalue weighted by Gasteiger charge is 2.35. The standard InChI is InChI=1S/C13H6ClF3N2O2S/c14-7-2-1-3-10(21-13(15,16)17)12(7)6-4-8-9(5-11(6)22)19(8)18-20/h1-5,22H. The summed E-state index contributed by atoms with van der Waals surface area (Å²) in [4.78, 5) is 10.9. The summed E-state index contributed by atoms with van der Waals surface area (Å²) < 4.78 is 41.6. The van der Waals surface area contributed by atoms with E-state index in [1.165, 1.54) is 24.3 Å². The first kappa shape index (κ1) is 15.0. The molecule has 1 aliphatic heterocycles. The van der Waals surface area contributed by atoms with Crippen LogP contribution in [0.5, 0.6) is 5.75 Å². The monoisotopic (exact) mass is 346 g/mol. The molecule has 1 aliphatic rings. The lowest BCUT2D eigenvalue weighted by Crippen LogP contribution is -2.17. The quantitative estimate of drug-likeness (QED) is 0.464. The lowest BCUT2D eigenvalue weighted by atomic mass is 10.0. The van der Waals surface area contributed by atoms with Gasteiger partial charge in [0.1, 0.15) is 5.75 Å². The van der Waals surface area contributed by atoms with Crippen LogP contribution in [0.2, 0.25) is 5.02 Å². The van der Waals surface area contributed by atoms with Crippen molar-refractivity contribution in [3.8, 4) is 16.9 Å². The molecule has 1 heterocycles. The van der Waals surface area contributed by atoms with Gasteiger partial charge >= 0.3 is 6.36 Å². The van der Waals surface area contributed by atoms with E-state index in [0.29, 0.717) is 21.8 Å². The van der Waals surface area contributed by atoms with Gasteiger partial charge in [-0.2, -0.15) is 5.01 Å². The summed E-state index contributed by atoms with van der Waals surface area (Å²) in [6.07, 6.45) is -4.85. The predicted octanol–water partition coefficient (Wildman–Crippen LogP) is 5.33. The third kappa shape index (κ3) is 2.59. The van der Waals surface area contributed by atoms with Gasteiger partial charge in [-0.05, 0) is 24.3 Å². The smallest absolute Gasteiger partial charge is 0.405 e. The van der Waals surface area contributed by atoms with Crippen molar-refractivity contribution >= 4 is 35.6 Å². The molecule has 0 aliphatic carbocycles. The van der Waals surface area contributed by atoms with Crippen LogP contribution in [-0.4, -0.2) is 6.36 Å². The number of rotatable bonds is 3. The van der Waals surface area contributed by atoms with Gasteiger partial charge in [-0.3, -0.25) is 0 Å². The molecule has 0 saturated heterocycles. The number of anilines is 2. The summed E-state index contributed by atoms with van der Waals surface area (Å²) in [6, 6.07) is 6.95. The van der Waals surface area contributed by atoms with Gasteiger partial charge in [0.05, 0.1) is 21.7 Å². The van der Waals surface area contributed by atoms with E-state index in [-0.39, 0.29) is 10.6 Å². The normalized spacial score (nSPS) is 12.9. The van der Waals surface area contributed by atoms with E-state index in [9.17, 15) is 18.1 Å². The molecule has 0 amide bonds. The summed E-state index contributed by atoms with van der Waals surface area (Å²) in [5.41, 5.74) is 1.40.